The molecule has 2 N–H and O–H groups in total. The maximum atomic E-state index is 12.9. The first-order valence-corrected chi connectivity index (χ1v) is 10.9. The monoisotopic (exact) mass is 451 g/mol. The molecule has 164 valence electrons. The number of tetrazole rings is 1. The molecule has 32 heavy (non-hydrogen) atoms. The van der Waals surface area contributed by atoms with Gasteiger partial charge >= 0.3 is 6.03 Å². The van der Waals surface area contributed by atoms with E-state index >= 15 is 0 Å². The SMILES string of the molecule is C[C@@]1(CCc2ccccc2)NC(=O)N(NC(=O)CSc2nnnn2-c2ccccc2)C1=O. The first-order chi connectivity index (χ1) is 15.5. The van der Waals surface area contributed by atoms with Crippen LogP contribution in [0.4, 0.5) is 4.79 Å². The van der Waals surface area contributed by atoms with E-state index in [1.807, 2.05) is 60.7 Å². The maximum Gasteiger partial charge on any atom is 0.344 e. The number of urea groups is 1. The van der Waals surface area contributed by atoms with Crippen molar-refractivity contribution in [1.82, 2.24) is 36.0 Å². The number of aromatic nitrogens is 4. The van der Waals surface area contributed by atoms with Gasteiger partial charge in [0.1, 0.15) is 5.54 Å². The molecule has 0 aliphatic carbocycles. The van der Waals surface area contributed by atoms with Crippen LogP contribution in [0.1, 0.15) is 18.9 Å². The van der Waals surface area contributed by atoms with Crippen molar-refractivity contribution in [3.8, 4) is 5.69 Å². The number of hydrogen-bond donors (Lipinski definition) is 2. The number of carbonyl (C=O) groups excluding carboxylic acids is 3. The zero-order valence-corrected chi connectivity index (χ0v) is 18.1. The Kier molecular flexibility index (Phi) is 6.17. The van der Waals surface area contributed by atoms with Crippen molar-refractivity contribution in [3.05, 3.63) is 66.2 Å². The molecule has 0 spiro atoms. The molecule has 1 fully saturated rings. The van der Waals surface area contributed by atoms with Crippen LogP contribution in [-0.4, -0.2) is 54.4 Å². The Balaban J connectivity index is 1.34. The van der Waals surface area contributed by atoms with Crippen molar-refractivity contribution >= 4 is 29.6 Å². The lowest BCUT2D eigenvalue weighted by molar-refractivity contribution is -0.138. The van der Waals surface area contributed by atoms with Crippen molar-refractivity contribution in [2.24, 2.45) is 0 Å². The summed E-state index contributed by atoms with van der Waals surface area (Å²) in [6.07, 6.45) is 1.03. The van der Waals surface area contributed by atoms with E-state index in [2.05, 4.69) is 26.3 Å². The maximum absolute atomic E-state index is 12.9. The number of aryl methyl sites for hydroxylation is 1. The summed E-state index contributed by atoms with van der Waals surface area (Å²) in [5.41, 5.74) is 3.11. The molecule has 0 unspecified atom stereocenters. The first-order valence-electron chi connectivity index (χ1n) is 9.93. The van der Waals surface area contributed by atoms with Crippen LogP contribution >= 0.6 is 11.8 Å². The molecule has 0 bridgehead atoms. The van der Waals surface area contributed by atoms with Crippen molar-refractivity contribution in [3.63, 3.8) is 0 Å². The second-order valence-corrected chi connectivity index (χ2v) is 8.36. The van der Waals surface area contributed by atoms with Crippen LogP contribution in [-0.2, 0) is 16.0 Å². The summed E-state index contributed by atoms with van der Waals surface area (Å²) in [6.45, 7) is 1.66. The van der Waals surface area contributed by atoms with Gasteiger partial charge in [-0.25, -0.2) is 4.79 Å². The van der Waals surface area contributed by atoms with Gasteiger partial charge in [-0.1, -0.05) is 60.3 Å². The lowest BCUT2D eigenvalue weighted by Crippen LogP contribution is -2.49. The Morgan fingerprint density at radius 1 is 1.09 bits per heavy atom. The normalized spacial score (nSPS) is 18.0. The zero-order chi connectivity index (χ0) is 22.6. The fourth-order valence-electron chi connectivity index (χ4n) is 3.28. The quantitative estimate of drug-likeness (QED) is 0.395. The summed E-state index contributed by atoms with van der Waals surface area (Å²) in [5.74, 6) is -1.09. The van der Waals surface area contributed by atoms with Gasteiger partial charge in [0.05, 0.1) is 11.4 Å². The highest BCUT2D eigenvalue weighted by atomic mass is 32.2. The second kappa shape index (κ2) is 9.18. The van der Waals surface area contributed by atoms with E-state index in [1.165, 1.54) is 4.68 Å². The third-order valence-electron chi connectivity index (χ3n) is 5.03. The highest BCUT2D eigenvalue weighted by Crippen LogP contribution is 2.23. The van der Waals surface area contributed by atoms with Gasteiger partial charge in [0, 0.05) is 0 Å². The molecule has 1 aromatic heterocycles. The molecule has 4 amide bonds. The average Bonchev–Trinajstić information content (AvgIpc) is 3.36. The molecule has 3 aromatic rings. The summed E-state index contributed by atoms with van der Waals surface area (Å²) in [5, 5.41) is 15.4. The lowest BCUT2D eigenvalue weighted by Gasteiger charge is -2.21. The minimum Gasteiger partial charge on any atom is -0.322 e. The Morgan fingerprint density at radius 2 is 1.78 bits per heavy atom. The van der Waals surface area contributed by atoms with Crippen LogP contribution in [0.2, 0.25) is 0 Å². The van der Waals surface area contributed by atoms with Crippen LogP contribution in [0.5, 0.6) is 0 Å². The molecule has 2 aromatic carbocycles. The van der Waals surface area contributed by atoms with Gasteiger partial charge in [-0.3, -0.25) is 15.0 Å². The summed E-state index contributed by atoms with van der Waals surface area (Å²) in [6, 6.07) is 18.3. The number of nitrogens with zero attached hydrogens (tertiary/aromatic N) is 5. The molecule has 11 heteroatoms. The van der Waals surface area contributed by atoms with Crippen LogP contribution in [0.25, 0.3) is 5.69 Å². The first kappa shape index (κ1) is 21.5. The number of hydrazine groups is 1. The van der Waals surface area contributed by atoms with Gasteiger partial charge in [0.2, 0.25) is 11.1 Å². The number of hydrogen-bond acceptors (Lipinski definition) is 7. The number of amides is 4. The van der Waals surface area contributed by atoms with Gasteiger partial charge in [-0.2, -0.15) is 9.69 Å². The summed E-state index contributed by atoms with van der Waals surface area (Å²) < 4.78 is 1.51. The molecular weight excluding hydrogens is 430 g/mol. The molecule has 0 saturated carbocycles. The fraction of sp³-hybridized carbons (Fsp3) is 0.238. The molecular formula is C21H21N7O3S. The highest BCUT2D eigenvalue weighted by Gasteiger charge is 2.48. The Morgan fingerprint density at radius 3 is 2.50 bits per heavy atom. The van der Waals surface area contributed by atoms with Crippen LogP contribution < -0.4 is 10.7 Å². The van der Waals surface area contributed by atoms with E-state index in [0.717, 1.165) is 28.0 Å². The minimum absolute atomic E-state index is 0.0784. The Labute approximate surface area is 188 Å². The molecule has 1 aliphatic heterocycles. The molecule has 1 aliphatic rings. The van der Waals surface area contributed by atoms with E-state index in [4.69, 9.17) is 0 Å². The van der Waals surface area contributed by atoms with Crippen molar-refractivity contribution in [2.45, 2.75) is 30.5 Å². The van der Waals surface area contributed by atoms with E-state index in [0.29, 0.717) is 18.0 Å². The molecule has 2 heterocycles. The summed E-state index contributed by atoms with van der Waals surface area (Å²) >= 11 is 1.10. The second-order valence-electron chi connectivity index (χ2n) is 7.42. The van der Waals surface area contributed by atoms with E-state index in [9.17, 15) is 14.4 Å². The van der Waals surface area contributed by atoms with Crippen LogP contribution in [0, 0.1) is 0 Å². The van der Waals surface area contributed by atoms with Gasteiger partial charge in [0.25, 0.3) is 5.91 Å². The van der Waals surface area contributed by atoms with E-state index in [-0.39, 0.29) is 5.75 Å². The predicted molar refractivity (Wildman–Crippen MR) is 117 cm³/mol. The summed E-state index contributed by atoms with van der Waals surface area (Å²) in [4.78, 5) is 37.6. The van der Waals surface area contributed by atoms with Crippen LogP contribution in [0.15, 0.2) is 65.8 Å². The molecule has 1 atom stereocenters. The third-order valence-corrected chi connectivity index (χ3v) is 5.95. The number of rotatable bonds is 8. The number of para-hydroxylation sites is 1. The third kappa shape index (κ3) is 4.62. The number of carbonyl (C=O) groups is 3. The minimum atomic E-state index is -1.09. The average molecular weight is 452 g/mol. The largest absolute Gasteiger partial charge is 0.344 e. The number of benzene rings is 2. The van der Waals surface area contributed by atoms with Crippen molar-refractivity contribution in [2.75, 3.05) is 5.75 Å². The van der Waals surface area contributed by atoms with Gasteiger partial charge in [-0.05, 0) is 47.9 Å². The smallest absolute Gasteiger partial charge is 0.322 e. The fourth-order valence-corrected chi connectivity index (χ4v) is 3.96. The van der Waals surface area contributed by atoms with Crippen molar-refractivity contribution in [1.29, 1.82) is 0 Å². The van der Waals surface area contributed by atoms with E-state index < -0.39 is 23.4 Å². The lowest BCUT2D eigenvalue weighted by atomic mass is 9.93. The zero-order valence-electron chi connectivity index (χ0n) is 17.3. The van der Waals surface area contributed by atoms with Crippen LogP contribution in [0.3, 0.4) is 0 Å². The Bertz CT molecular complexity index is 1120. The number of imide groups is 1. The topological polar surface area (TPSA) is 122 Å². The standard InChI is InChI=1S/C21H21N7O3S/c1-21(13-12-15-8-4-2-5-9-15)18(30)28(19(31)22-21)24-17(29)14-32-20-23-25-26-27(20)16-10-6-3-7-11-16/h2-11H,12-14H2,1H3,(H,22,31)(H,24,29)/t21-/m0/s1. The van der Waals surface area contributed by atoms with Crippen molar-refractivity contribution < 1.29 is 14.4 Å². The highest BCUT2D eigenvalue weighted by molar-refractivity contribution is 7.99. The summed E-state index contributed by atoms with van der Waals surface area (Å²) in [7, 11) is 0. The predicted octanol–water partition coefficient (Wildman–Crippen LogP) is 1.73. The molecule has 0 radical (unpaired) electrons. The van der Waals surface area contributed by atoms with Gasteiger partial charge in [0.15, 0.2) is 0 Å². The molecule has 1 saturated heterocycles. The van der Waals surface area contributed by atoms with Gasteiger partial charge < -0.3 is 5.32 Å². The van der Waals surface area contributed by atoms with E-state index in [1.54, 1.807) is 6.92 Å². The number of thioether (sulfide) groups is 1. The molecule has 4 rings (SSSR count). The molecule has 10 nitrogen and oxygen atoms in total. The Hall–Kier alpha value is -3.73. The van der Waals surface area contributed by atoms with Gasteiger partial charge in [-0.15, -0.1) is 5.10 Å². The number of nitrogens with one attached hydrogen (secondary N) is 2.